The summed E-state index contributed by atoms with van der Waals surface area (Å²) in [6.45, 7) is 4.21. The molecule has 0 aromatic heterocycles. The zero-order valence-electron chi connectivity index (χ0n) is 10.8. The molecule has 0 aromatic rings. The van der Waals surface area contributed by atoms with Crippen molar-refractivity contribution in [3.05, 3.63) is 0 Å². The van der Waals surface area contributed by atoms with Crippen LogP contribution in [0.4, 0.5) is 4.79 Å². The predicted octanol–water partition coefficient (Wildman–Crippen LogP) is 1.29. The van der Waals surface area contributed by atoms with E-state index in [2.05, 4.69) is 11.2 Å². The van der Waals surface area contributed by atoms with Crippen LogP contribution in [0, 0.1) is 18.3 Å². The Morgan fingerprint density at radius 3 is 2.78 bits per heavy atom. The van der Waals surface area contributed by atoms with E-state index < -0.39 is 5.97 Å². The maximum Gasteiger partial charge on any atom is 0.317 e. The van der Waals surface area contributed by atoms with Crippen LogP contribution in [0.5, 0.6) is 0 Å². The average Bonchev–Trinajstić information content (AvgIpc) is 2.28. The van der Waals surface area contributed by atoms with Gasteiger partial charge in [-0.15, -0.1) is 12.3 Å². The standard InChI is InChI=1S/C13H20N2O3/c1-4-5-9(2)14-13(18)15-7-6-11(12(16)17)8-10(15)3/h1,9-11H,5-8H2,2-3H3,(H,14,18)(H,16,17). The van der Waals surface area contributed by atoms with Crippen LogP contribution in [0.15, 0.2) is 0 Å². The third kappa shape index (κ3) is 3.66. The third-order valence-electron chi connectivity index (χ3n) is 3.28. The zero-order valence-corrected chi connectivity index (χ0v) is 10.8. The van der Waals surface area contributed by atoms with Gasteiger partial charge in [0.05, 0.1) is 5.92 Å². The van der Waals surface area contributed by atoms with Crippen LogP contribution >= 0.6 is 0 Å². The van der Waals surface area contributed by atoms with Gasteiger partial charge >= 0.3 is 12.0 Å². The van der Waals surface area contributed by atoms with Gasteiger partial charge in [-0.05, 0) is 26.7 Å². The summed E-state index contributed by atoms with van der Waals surface area (Å²) >= 11 is 0. The number of carboxylic acid groups (broad SMARTS) is 1. The van der Waals surface area contributed by atoms with Gasteiger partial charge in [-0.2, -0.15) is 0 Å². The maximum atomic E-state index is 12.0. The van der Waals surface area contributed by atoms with Gasteiger partial charge in [0.25, 0.3) is 0 Å². The van der Waals surface area contributed by atoms with E-state index in [1.54, 1.807) is 4.90 Å². The number of rotatable bonds is 3. The largest absolute Gasteiger partial charge is 0.481 e. The van der Waals surface area contributed by atoms with Gasteiger partial charge in [0.15, 0.2) is 0 Å². The molecule has 0 spiro atoms. The Labute approximate surface area is 108 Å². The average molecular weight is 252 g/mol. The van der Waals surface area contributed by atoms with Crippen molar-refractivity contribution in [1.82, 2.24) is 10.2 Å². The Hall–Kier alpha value is -1.70. The highest BCUT2D eigenvalue weighted by atomic mass is 16.4. The lowest BCUT2D eigenvalue weighted by atomic mass is 9.92. The van der Waals surface area contributed by atoms with E-state index in [1.807, 2.05) is 13.8 Å². The SMILES string of the molecule is C#CCC(C)NC(=O)N1CCC(C(=O)O)CC1C. The topological polar surface area (TPSA) is 69.6 Å². The van der Waals surface area contributed by atoms with E-state index in [-0.39, 0.29) is 24.0 Å². The Bertz CT molecular complexity index is 362. The van der Waals surface area contributed by atoms with Crippen molar-refractivity contribution in [2.24, 2.45) is 5.92 Å². The summed E-state index contributed by atoms with van der Waals surface area (Å²) in [5.74, 6) is 1.38. The Morgan fingerprint density at radius 2 is 2.28 bits per heavy atom. The minimum Gasteiger partial charge on any atom is -0.481 e. The summed E-state index contributed by atoms with van der Waals surface area (Å²) < 4.78 is 0. The number of amides is 2. The van der Waals surface area contributed by atoms with Crippen LogP contribution in [0.25, 0.3) is 0 Å². The molecule has 1 rings (SSSR count). The second-order valence-electron chi connectivity index (χ2n) is 4.86. The van der Waals surface area contributed by atoms with Crippen molar-refractivity contribution in [2.45, 2.75) is 45.2 Å². The Morgan fingerprint density at radius 1 is 1.61 bits per heavy atom. The molecule has 1 aliphatic heterocycles. The van der Waals surface area contributed by atoms with E-state index >= 15 is 0 Å². The van der Waals surface area contributed by atoms with Gasteiger partial charge in [0, 0.05) is 25.0 Å². The summed E-state index contributed by atoms with van der Waals surface area (Å²) in [6, 6.07) is -0.279. The van der Waals surface area contributed by atoms with Gasteiger partial charge in [-0.25, -0.2) is 4.79 Å². The molecule has 5 nitrogen and oxygen atoms in total. The molecule has 0 saturated carbocycles. The zero-order chi connectivity index (χ0) is 13.7. The summed E-state index contributed by atoms with van der Waals surface area (Å²) in [6.07, 6.45) is 6.69. The van der Waals surface area contributed by atoms with Crippen LogP contribution in [-0.2, 0) is 4.79 Å². The number of hydrogen-bond acceptors (Lipinski definition) is 2. The minimum atomic E-state index is -0.775. The fraction of sp³-hybridized carbons (Fsp3) is 0.692. The van der Waals surface area contributed by atoms with Crippen molar-refractivity contribution in [3.8, 4) is 12.3 Å². The van der Waals surface area contributed by atoms with Crippen molar-refractivity contribution in [3.63, 3.8) is 0 Å². The van der Waals surface area contributed by atoms with Crippen molar-refractivity contribution >= 4 is 12.0 Å². The lowest BCUT2D eigenvalue weighted by molar-refractivity contribution is -0.143. The monoisotopic (exact) mass is 252 g/mol. The molecule has 1 saturated heterocycles. The number of nitrogens with one attached hydrogen (secondary N) is 1. The first kappa shape index (κ1) is 14.4. The molecule has 1 heterocycles. The molecule has 2 amide bonds. The van der Waals surface area contributed by atoms with Crippen LogP contribution in [0.1, 0.15) is 33.1 Å². The van der Waals surface area contributed by atoms with Gasteiger partial charge in [0.1, 0.15) is 0 Å². The highest BCUT2D eigenvalue weighted by Gasteiger charge is 2.32. The number of carboxylic acids is 1. The van der Waals surface area contributed by atoms with E-state index in [4.69, 9.17) is 11.5 Å². The molecule has 0 aromatic carbocycles. The van der Waals surface area contributed by atoms with Gasteiger partial charge in [0.2, 0.25) is 0 Å². The number of urea groups is 1. The Kier molecular flexibility index (Phi) is 5.02. The molecule has 18 heavy (non-hydrogen) atoms. The molecule has 5 heteroatoms. The fourth-order valence-electron chi connectivity index (χ4n) is 2.22. The quantitative estimate of drug-likeness (QED) is 0.744. The minimum absolute atomic E-state index is 0.0575. The predicted molar refractivity (Wildman–Crippen MR) is 68.0 cm³/mol. The molecule has 2 N–H and O–H groups in total. The number of terminal acetylenes is 1. The normalized spacial score (nSPS) is 25.1. The fourth-order valence-corrected chi connectivity index (χ4v) is 2.22. The Balaban J connectivity index is 2.51. The summed E-state index contributed by atoms with van der Waals surface area (Å²) in [4.78, 5) is 24.6. The van der Waals surface area contributed by atoms with Gasteiger partial charge < -0.3 is 15.3 Å². The lowest BCUT2D eigenvalue weighted by Gasteiger charge is -2.36. The maximum absolute atomic E-state index is 12.0. The number of aliphatic carboxylic acids is 1. The summed E-state index contributed by atoms with van der Waals surface area (Å²) in [5, 5.41) is 11.8. The molecule has 0 bridgehead atoms. The number of carbonyl (C=O) groups is 2. The highest BCUT2D eigenvalue weighted by Crippen LogP contribution is 2.23. The molecule has 0 radical (unpaired) electrons. The molecular formula is C13H20N2O3. The number of piperidine rings is 1. The number of nitrogens with zero attached hydrogens (tertiary/aromatic N) is 1. The molecule has 3 atom stereocenters. The molecule has 3 unspecified atom stereocenters. The van der Waals surface area contributed by atoms with Crippen LogP contribution in [-0.4, -0.2) is 40.6 Å². The molecule has 1 aliphatic rings. The number of carbonyl (C=O) groups excluding carboxylic acids is 1. The second kappa shape index (κ2) is 6.29. The first-order chi connectivity index (χ1) is 8.45. The molecule has 0 aliphatic carbocycles. The smallest absolute Gasteiger partial charge is 0.317 e. The van der Waals surface area contributed by atoms with E-state index in [0.29, 0.717) is 25.8 Å². The van der Waals surface area contributed by atoms with Crippen LogP contribution in [0.3, 0.4) is 0 Å². The summed E-state index contributed by atoms with van der Waals surface area (Å²) in [5.41, 5.74) is 0. The summed E-state index contributed by atoms with van der Waals surface area (Å²) in [7, 11) is 0. The van der Waals surface area contributed by atoms with Crippen LogP contribution < -0.4 is 5.32 Å². The van der Waals surface area contributed by atoms with Gasteiger partial charge in [-0.1, -0.05) is 0 Å². The first-order valence-electron chi connectivity index (χ1n) is 6.19. The molecular weight excluding hydrogens is 232 g/mol. The van der Waals surface area contributed by atoms with Crippen molar-refractivity contribution < 1.29 is 14.7 Å². The number of hydrogen-bond donors (Lipinski definition) is 2. The van der Waals surface area contributed by atoms with Gasteiger partial charge in [-0.3, -0.25) is 4.79 Å². The van der Waals surface area contributed by atoms with E-state index in [1.165, 1.54) is 0 Å². The van der Waals surface area contributed by atoms with E-state index in [0.717, 1.165) is 0 Å². The molecule has 100 valence electrons. The second-order valence-corrected chi connectivity index (χ2v) is 4.86. The van der Waals surface area contributed by atoms with E-state index in [9.17, 15) is 9.59 Å². The van der Waals surface area contributed by atoms with Crippen LogP contribution in [0.2, 0.25) is 0 Å². The molecule has 1 fully saturated rings. The number of likely N-dealkylation sites (tertiary alicyclic amines) is 1. The van der Waals surface area contributed by atoms with Crippen molar-refractivity contribution in [2.75, 3.05) is 6.54 Å². The van der Waals surface area contributed by atoms with Crippen molar-refractivity contribution in [1.29, 1.82) is 0 Å². The first-order valence-corrected chi connectivity index (χ1v) is 6.19. The highest BCUT2D eigenvalue weighted by molar-refractivity contribution is 5.76. The third-order valence-corrected chi connectivity index (χ3v) is 3.28. The lowest BCUT2D eigenvalue weighted by Crippen LogP contribution is -2.51.